The summed E-state index contributed by atoms with van der Waals surface area (Å²) in [6.07, 6.45) is 4.62. The molecule has 3 aromatic rings. The average molecular weight is 544 g/mol. The highest BCUT2D eigenvalue weighted by molar-refractivity contribution is 6.36. The monoisotopic (exact) mass is 542 g/mol. The Labute approximate surface area is 227 Å². The first-order chi connectivity index (χ1) is 17.4. The van der Waals surface area contributed by atoms with Gasteiger partial charge in [-0.25, -0.2) is 0 Å². The maximum atomic E-state index is 13.8. The molecule has 4 nitrogen and oxygen atoms in total. The summed E-state index contributed by atoms with van der Waals surface area (Å²) in [5, 5.41) is 4.72. The van der Waals surface area contributed by atoms with Crippen molar-refractivity contribution in [2.75, 3.05) is 0 Å². The van der Waals surface area contributed by atoms with Crippen molar-refractivity contribution in [3.63, 3.8) is 0 Å². The first-order valence-electron chi connectivity index (χ1n) is 12.2. The Morgan fingerprint density at radius 1 is 0.833 bits per heavy atom. The molecule has 188 valence electrons. The molecule has 1 N–H and O–H groups in total. The van der Waals surface area contributed by atoms with Crippen LogP contribution in [0.25, 0.3) is 0 Å². The van der Waals surface area contributed by atoms with E-state index >= 15 is 0 Å². The fourth-order valence-corrected chi connectivity index (χ4v) is 5.30. The van der Waals surface area contributed by atoms with Crippen LogP contribution in [0.5, 0.6) is 0 Å². The highest BCUT2D eigenvalue weighted by Crippen LogP contribution is 2.28. The fourth-order valence-electron chi connectivity index (χ4n) is 4.65. The van der Waals surface area contributed by atoms with Crippen molar-refractivity contribution in [2.24, 2.45) is 0 Å². The molecule has 36 heavy (non-hydrogen) atoms. The molecule has 7 heteroatoms. The first kappa shape index (κ1) is 26.5. The Bertz CT molecular complexity index is 1160. The van der Waals surface area contributed by atoms with E-state index < -0.39 is 6.04 Å². The number of hydrogen-bond donors (Lipinski definition) is 1. The molecule has 0 spiro atoms. The summed E-state index contributed by atoms with van der Waals surface area (Å²) < 4.78 is 0. The molecule has 0 unspecified atom stereocenters. The molecule has 3 aromatic carbocycles. The maximum absolute atomic E-state index is 13.8. The van der Waals surface area contributed by atoms with Crippen LogP contribution in [0, 0.1) is 0 Å². The number of amides is 2. The minimum absolute atomic E-state index is 0.126. The second-order valence-corrected chi connectivity index (χ2v) is 10.5. The van der Waals surface area contributed by atoms with Gasteiger partial charge in [-0.05, 0) is 48.2 Å². The second-order valence-electron chi connectivity index (χ2n) is 9.22. The lowest BCUT2D eigenvalue weighted by molar-refractivity contribution is -0.141. The zero-order chi connectivity index (χ0) is 25.5. The van der Waals surface area contributed by atoms with E-state index in [0.29, 0.717) is 27.1 Å². The summed E-state index contributed by atoms with van der Waals surface area (Å²) in [5.74, 6) is -0.339. The van der Waals surface area contributed by atoms with Gasteiger partial charge in [0, 0.05) is 39.6 Å². The third-order valence-electron chi connectivity index (χ3n) is 6.63. The van der Waals surface area contributed by atoms with Crippen LogP contribution in [0.3, 0.4) is 0 Å². The Morgan fingerprint density at radius 2 is 1.47 bits per heavy atom. The Balaban J connectivity index is 1.69. The molecule has 0 saturated heterocycles. The number of carbonyl (C=O) groups is 2. The van der Waals surface area contributed by atoms with Crippen LogP contribution < -0.4 is 5.32 Å². The molecular weight excluding hydrogens is 515 g/mol. The van der Waals surface area contributed by atoms with E-state index in [0.717, 1.165) is 36.8 Å². The van der Waals surface area contributed by atoms with Gasteiger partial charge in [-0.3, -0.25) is 9.59 Å². The molecule has 0 aliphatic heterocycles. The summed E-state index contributed by atoms with van der Waals surface area (Å²) in [6.45, 7) is 0.126. The van der Waals surface area contributed by atoms with Gasteiger partial charge >= 0.3 is 0 Å². The highest BCUT2D eigenvalue weighted by atomic mass is 35.5. The molecule has 0 radical (unpaired) electrons. The first-order valence-corrected chi connectivity index (χ1v) is 13.3. The quantitative estimate of drug-likeness (QED) is 0.319. The SMILES string of the molecule is O=C(NC1CCCC1)[C@@H](Cc1ccccc1)N(Cc1c(Cl)cccc1Cl)C(=O)Cc1ccc(Cl)cc1. The fraction of sp³-hybridized carbons (Fsp3) is 0.310. The summed E-state index contributed by atoms with van der Waals surface area (Å²) >= 11 is 19.0. The van der Waals surface area contributed by atoms with E-state index in [1.807, 2.05) is 42.5 Å². The minimum Gasteiger partial charge on any atom is -0.352 e. The molecule has 1 fully saturated rings. The van der Waals surface area contributed by atoms with E-state index in [1.165, 1.54) is 0 Å². The number of nitrogens with zero attached hydrogens (tertiary/aromatic N) is 1. The zero-order valence-corrected chi connectivity index (χ0v) is 22.2. The van der Waals surface area contributed by atoms with E-state index in [-0.39, 0.29) is 30.8 Å². The number of benzene rings is 3. The number of halogens is 3. The minimum atomic E-state index is -0.722. The van der Waals surface area contributed by atoms with Gasteiger partial charge in [0.2, 0.25) is 11.8 Å². The summed E-state index contributed by atoms with van der Waals surface area (Å²) in [4.78, 5) is 29.2. The molecule has 1 atom stereocenters. The molecule has 1 aliphatic carbocycles. The molecule has 0 heterocycles. The third-order valence-corrected chi connectivity index (χ3v) is 7.59. The van der Waals surface area contributed by atoms with Crippen LogP contribution in [-0.2, 0) is 29.0 Å². The molecule has 1 saturated carbocycles. The number of rotatable bonds is 9. The van der Waals surface area contributed by atoms with Crippen molar-refractivity contribution in [1.82, 2.24) is 10.2 Å². The topological polar surface area (TPSA) is 49.4 Å². The maximum Gasteiger partial charge on any atom is 0.243 e. The van der Waals surface area contributed by atoms with E-state index in [4.69, 9.17) is 34.8 Å². The Hall–Kier alpha value is -2.53. The second kappa shape index (κ2) is 12.6. The van der Waals surface area contributed by atoms with E-state index in [9.17, 15) is 9.59 Å². The average Bonchev–Trinajstić information content (AvgIpc) is 3.38. The molecule has 2 amide bonds. The molecule has 0 bridgehead atoms. The van der Waals surface area contributed by atoms with Gasteiger partial charge < -0.3 is 10.2 Å². The number of carbonyl (C=O) groups excluding carboxylic acids is 2. The van der Waals surface area contributed by atoms with Crippen LogP contribution in [0.15, 0.2) is 72.8 Å². The van der Waals surface area contributed by atoms with Crippen molar-refractivity contribution in [3.8, 4) is 0 Å². The summed E-state index contributed by atoms with van der Waals surface area (Å²) in [5.41, 5.74) is 2.41. The highest BCUT2D eigenvalue weighted by Gasteiger charge is 2.33. The predicted molar refractivity (Wildman–Crippen MR) is 147 cm³/mol. The number of hydrogen-bond acceptors (Lipinski definition) is 2. The van der Waals surface area contributed by atoms with Crippen LogP contribution in [-0.4, -0.2) is 28.8 Å². The van der Waals surface area contributed by atoms with Gasteiger partial charge in [0.1, 0.15) is 6.04 Å². The van der Waals surface area contributed by atoms with Crippen LogP contribution in [0.1, 0.15) is 42.4 Å². The van der Waals surface area contributed by atoms with Crippen molar-refractivity contribution >= 4 is 46.6 Å². The van der Waals surface area contributed by atoms with Gasteiger partial charge in [-0.1, -0.05) is 96.2 Å². The lowest BCUT2D eigenvalue weighted by Gasteiger charge is -2.33. The van der Waals surface area contributed by atoms with Crippen molar-refractivity contribution in [2.45, 2.75) is 57.2 Å². The largest absolute Gasteiger partial charge is 0.352 e. The summed E-state index contributed by atoms with van der Waals surface area (Å²) in [7, 11) is 0. The van der Waals surface area contributed by atoms with Crippen molar-refractivity contribution in [3.05, 3.63) is 105 Å². The van der Waals surface area contributed by atoms with E-state index in [2.05, 4.69) is 5.32 Å². The molecule has 0 aromatic heterocycles. The molecular formula is C29H29Cl3N2O2. The Kier molecular flexibility index (Phi) is 9.30. The zero-order valence-electron chi connectivity index (χ0n) is 19.9. The Morgan fingerprint density at radius 3 is 2.11 bits per heavy atom. The smallest absolute Gasteiger partial charge is 0.243 e. The lowest BCUT2D eigenvalue weighted by Crippen LogP contribution is -2.52. The predicted octanol–water partition coefficient (Wildman–Crippen LogP) is 6.89. The van der Waals surface area contributed by atoms with Crippen molar-refractivity contribution < 1.29 is 9.59 Å². The lowest BCUT2D eigenvalue weighted by atomic mass is 10.0. The van der Waals surface area contributed by atoms with Crippen LogP contribution in [0.4, 0.5) is 0 Å². The van der Waals surface area contributed by atoms with Crippen LogP contribution >= 0.6 is 34.8 Å². The molecule has 4 rings (SSSR count). The third kappa shape index (κ3) is 7.03. The van der Waals surface area contributed by atoms with Crippen LogP contribution in [0.2, 0.25) is 15.1 Å². The molecule has 1 aliphatic rings. The van der Waals surface area contributed by atoms with Crippen molar-refractivity contribution in [1.29, 1.82) is 0 Å². The normalized spacial score (nSPS) is 14.4. The van der Waals surface area contributed by atoms with Gasteiger partial charge in [0.25, 0.3) is 0 Å². The van der Waals surface area contributed by atoms with Gasteiger partial charge in [-0.15, -0.1) is 0 Å². The van der Waals surface area contributed by atoms with E-state index in [1.54, 1.807) is 35.2 Å². The van der Waals surface area contributed by atoms with Gasteiger partial charge in [-0.2, -0.15) is 0 Å². The standard InChI is InChI=1S/C29H29Cl3N2O2/c30-22-15-13-21(14-16-22)18-28(35)34(19-24-25(31)11-6-12-26(24)32)27(17-20-7-2-1-3-8-20)29(36)33-23-9-4-5-10-23/h1-3,6-8,11-16,23,27H,4-5,9-10,17-19H2,(H,33,36)/t27-/m1/s1. The van der Waals surface area contributed by atoms with Gasteiger partial charge in [0.15, 0.2) is 0 Å². The summed E-state index contributed by atoms with van der Waals surface area (Å²) in [6, 6.07) is 21.6. The van der Waals surface area contributed by atoms with Gasteiger partial charge in [0.05, 0.1) is 6.42 Å². The number of nitrogens with one attached hydrogen (secondary N) is 1.